The van der Waals surface area contributed by atoms with E-state index in [0.717, 1.165) is 61.7 Å². The van der Waals surface area contributed by atoms with Gasteiger partial charge in [0.15, 0.2) is 0 Å². The molecule has 3 aromatic carbocycles. The van der Waals surface area contributed by atoms with E-state index >= 15 is 0 Å². The molecular weight excluding hydrogens is 491 g/mol. The summed E-state index contributed by atoms with van der Waals surface area (Å²) < 4.78 is 6.36. The Morgan fingerprint density at radius 1 is 1.00 bits per heavy atom. The van der Waals surface area contributed by atoms with Crippen molar-refractivity contribution in [3.05, 3.63) is 106 Å². The number of ether oxygens (including phenoxy) is 1. The lowest BCUT2D eigenvalue weighted by Gasteiger charge is -2.37. The average Bonchev–Trinajstić information content (AvgIpc) is 3.26. The predicted molar refractivity (Wildman–Crippen MR) is 140 cm³/mol. The highest BCUT2D eigenvalue weighted by Gasteiger charge is 2.44. The highest BCUT2D eigenvalue weighted by Crippen LogP contribution is 2.42. The summed E-state index contributed by atoms with van der Waals surface area (Å²) in [6.07, 6.45) is 3.10. The standard InChI is InChI=1S/C30H33ClN2O2.ClH/c1-32(29(34)23-9-3-2-4-10-23)21-24(26-12-6-8-14-28(26)31)15-18-33-19-16-30(17-20-33)27-13-7-5-11-25(27)22-35-30;/h2-14,24H,15-22H2,1H3;1H. The van der Waals surface area contributed by atoms with Gasteiger partial charge in [-0.1, -0.05) is 72.3 Å². The maximum absolute atomic E-state index is 13.0. The lowest BCUT2D eigenvalue weighted by atomic mass is 9.83. The number of amides is 1. The van der Waals surface area contributed by atoms with E-state index in [0.29, 0.717) is 6.54 Å². The van der Waals surface area contributed by atoms with Crippen molar-refractivity contribution in [2.45, 2.75) is 37.4 Å². The highest BCUT2D eigenvalue weighted by molar-refractivity contribution is 6.31. The summed E-state index contributed by atoms with van der Waals surface area (Å²) in [6.45, 7) is 4.64. The molecular formula is C30H34Cl2N2O2. The van der Waals surface area contributed by atoms with Crippen molar-refractivity contribution < 1.29 is 26.8 Å². The van der Waals surface area contributed by atoms with Gasteiger partial charge >= 0.3 is 0 Å². The van der Waals surface area contributed by atoms with E-state index in [2.05, 4.69) is 30.3 Å². The third-order valence-electron chi connectivity index (χ3n) is 7.83. The van der Waals surface area contributed by atoms with Crippen molar-refractivity contribution in [1.82, 2.24) is 4.90 Å². The fourth-order valence-electron chi connectivity index (χ4n) is 5.80. The molecule has 0 aromatic heterocycles. The summed E-state index contributed by atoms with van der Waals surface area (Å²) in [4.78, 5) is 16.5. The second kappa shape index (κ2) is 11.8. The molecule has 1 N–H and O–H groups in total. The van der Waals surface area contributed by atoms with Crippen LogP contribution in [0.5, 0.6) is 0 Å². The predicted octanol–water partition coefficient (Wildman–Crippen LogP) is 1.69. The Balaban J connectivity index is 0.00000304. The van der Waals surface area contributed by atoms with Crippen LogP contribution in [0.2, 0.25) is 5.02 Å². The average molecular weight is 526 g/mol. The number of hydrogen-bond donors (Lipinski definition) is 1. The number of carbonyl (C=O) groups is 1. The first-order chi connectivity index (χ1) is 17.1. The second-order valence-corrected chi connectivity index (χ2v) is 10.4. The molecule has 1 fully saturated rings. The molecule has 2 aliphatic rings. The number of benzene rings is 3. The van der Waals surface area contributed by atoms with Gasteiger partial charge in [0.1, 0.15) is 5.60 Å². The molecule has 5 rings (SSSR count). The summed E-state index contributed by atoms with van der Waals surface area (Å²) in [5, 5.41) is 0.779. The van der Waals surface area contributed by atoms with E-state index in [9.17, 15) is 4.79 Å². The molecule has 0 bridgehead atoms. The van der Waals surface area contributed by atoms with Gasteiger partial charge in [0.05, 0.1) is 26.2 Å². The monoisotopic (exact) mass is 524 g/mol. The number of quaternary nitrogens is 1. The first kappa shape index (κ1) is 26.7. The number of hydrogen-bond acceptors (Lipinski definition) is 2. The van der Waals surface area contributed by atoms with Gasteiger partial charge in [-0.3, -0.25) is 4.79 Å². The molecule has 1 saturated heterocycles. The summed E-state index contributed by atoms with van der Waals surface area (Å²) >= 11 is 6.62. The number of fused-ring (bicyclic) bond motifs is 2. The lowest BCUT2D eigenvalue weighted by molar-refractivity contribution is -0.908. The van der Waals surface area contributed by atoms with E-state index in [1.807, 2.05) is 60.5 Å². The van der Waals surface area contributed by atoms with Crippen LogP contribution in [0.3, 0.4) is 0 Å². The fourth-order valence-corrected chi connectivity index (χ4v) is 6.09. The smallest absolute Gasteiger partial charge is 0.253 e. The second-order valence-electron chi connectivity index (χ2n) is 10.00. The Kier molecular flexibility index (Phi) is 8.74. The molecule has 6 heteroatoms. The van der Waals surface area contributed by atoms with Crippen molar-refractivity contribution in [2.24, 2.45) is 0 Å². The molecule has 1 atom stereocenters. The molecule has 4 nitrogen and oxygen atoms in total. The molecule has 2 heterocycles. The van der Waals surface area contributed by atoms with Gasteiger partial charge in [-0.2, -0.15) is 0 Å². The van der Waals surface area contributed by atoms with Crippen LogP contribution in [0.25, 0.3) is 0 Å². The van der Waals surface area contributed by atoms with Crippen LogP contribution in [0.1, 0.15) is 52.2 Å². The molecule has 190 valence electrons. The number of halogens is 2. The Bertz CT molecular complexity index is 1160. The van der Waals surface area contributed by atoms with Crippen molar-refractivity contribution >= 4 is 17.5 Å². The Morgan fingerprint density at radius 2 is 1.67 bits per heavy atom. The number of rotatable bonds is 7. The molecule has 2 aliphatic heterocycles. The van der Waals surface area contributed by atoms with E-state index in [-0.39, 0.29) is 29.8 Å². The first-order valence-corrected chi connectivity index (χ1v) is 13.0. The minimum Gasteiger partial charge on any atom is -1.00 e. The van der Waals surface area contributed by atoms with Gasteiger partial charge in [0, 0.05) is 49.4 Å². The van der Waals surface area contributed by atoms with Gasteiger partial charge in [-0.25, -0.2) is 0 Å². The maximum Gasteiger partial charge on any atom is 0.253 e. The zero-order valence-corrected chi connectivity index (χ0v) is 22.3. The van der Waals surface area contributed by atoms with E-state index in [1.165, 1.54) is 11.1 Å². The molecule has 36 heavy (non-hydrogen) atoms. The molecule has 0 radical (unpaired) electrons. The topological polar surface area (TPSA) is 34.0 Å². The maximum atomic E-state index is 13.0. The van der Waals surface area contributed by atoms with Crippen LogP contribution >= 0.6 is 11.6 Å². The van der Waals surface area contributed by atoms with Crippen LogP contribution in [0.15, 0.2) is 78.9 Å². The zero-order chi connectivity index (χ0) is 24.3. The number of likely N-dealkylation sites (tertiary alicyclic amines) is 1. The summed E-state index contributed by atoms with van der Waals surface area (Å²) in [5.41, 5.74) is 4.50. The minimum absolute atomic E-state index is 0. The SMILES string of the molecule is CN(CC(CC[NH+]1CCC2(CC1)OCc1ccccc12)c1ccccc1Cl)C(=O)c1ccccc1.[Cl-]. The van der Waals surface area contributed by atoms with Crippen LogP contribution < -0.4 is 17.3 Å². The number of nitrogens with one attached hydrogen (secondary N) is 1. The van der Waals surface area contributed by atoms with Gasteiger partial charge in [-0.15, -0.1) is 0 Å². The summed E-state index contributed by atoms with van der Waals surface area (Å²) in [5.74, 6) is 0.236. The zero-order valence-electron chi connectivity index (χ0n) is 20.8. The molecule has 0 saturated carbocycles. The van der Waals surface area contributed by atoms with Crippen LogP contribution in [0.4, 0.5) is 0 Å². The van der Waals surface area contributed by atoms with Gasteiger partial charge in [-0.05, 0) is 34.9 Å². The van der Waals surface area contributed by atoms with Gasteiger partial charge < -0.3 is 26.9 Å². The Morgan fingerprint density at radius 3 is 2.42 bits per heavy atom. The third kappa shape index (κ3) is 5.63. The van der Waals surface area contributed by atoms with Crippen molar-refractivity contribution in [3.63, 3.8) is 0 Å². The Labute approximate surface area is 225 Å². The summed E-state index contributed by atoms with van der Waals surface area (Å²) in [6, 6.07) is 26.3. The van der Waals surface area contributed by atoms with Crippen molar-refractivity contribution in [1.29, 1.82) is 0 Å². The van der Waals surface area contributed by atoms with E-state index in [1.54, 1.807) is 4.90 Å². The van der Waals surface area contributed by atoms with Crippen molar-refractivity contribution in [2.75, 3.05) is 33.2 Å². The first-order valence-electron chi connectivity index (χ1n) is 12.7. The lowest BCUT2D eigenvalue weighted by Crippen LogP contribution is -3.13. The molecule has 3 aromatic rings. The van der Waals surface area contributed by atoms with Crippen LogP contribution in [-0.2, 0) is 16.9 Å². The van der Waals surface area contributed by atoms with Crippen LogP contribution in [0, 0.1) is 0 Å². The molecule has 1 amide bonds. The van der Waals surface area contributed by atoms with Gasteiger partial charge in [0.25, 0.3) is 5.91 Å². The van der Waals surface area contributed by atoms with Crippen LogP contribution in [-0.4, -0.2) is 44.0 Å². The quantitative estimate of drug-likeness (QED) is 0.510. The van der Waals surface area contributed by atoms with E-state index < -0.39 is 0 Å². The molecule has 1 spiro atoms. The number of carbonyl (C=O) groups excluding carboxylic acids is 1. The largest absolute Gasteiger partial charge is 1.00 e. The normalized spacial score (nSPS) is 21.4. The number of likely N-dealkylation sites (N-methyl/N-ethyl adjacent to an activating group) is 1. The molecule has 0 aliphatic carbocycles. The third-order valence-corrected chi connectivity index (χ3v) is 8.17. The summed E-state index contributed by atoms with van der Waals surface area (Å²) in [7, 11) is 1.89. The fraction of sp³-hybridized carbons (Fsp3) is 0.367. The molecule has 1 unspecified atom stereocenters. The highest BCUT2D eigenvalue weighted by atomic mass is 35.5. The number of nitrogens with zero attached hydrogens (tertiary/aromatic N) is 1. The van der Waals surface area contributed by atoms with Crippen molar-refractivity contribution in [3.8, 4) is 0 Å². The Hall–Kier alpha value is -2.37. The van der Waals surface area contributed by atoms with E-state index in [4.69, 9.17) is 16.3 Å². The number of piperidine rings is 1. The minimum atomic E-state index is -0.0927. The van der Waals surface area contributed by atoms with Gasteiger partial charge in [0.2, 0.25) is 0 Å².